The smallest absolute Gasteiger partial charge is 0.622 e. The van der Waals surface area contributed by atoms with E-state index in [0.29, 0.717) is 5.69 Å². The van der Waals surface area contributed by atoms with Crippen LogP contribution in [0, 0.1) is 0 Å². The van der Waals surface area contributed by atoms with Gasteiger partial charge in [-0.05, 0) is 10.8 Å². The number of aliphatic carboxylic acids is 1. The van der Waals surface area contributed by atoms with Crippen molar-refractivity contribution in [2.75, 3.05) is 0 Å². The molecule has 0 N–H and O–H groups in total. The third kappa shape index (κ3) is 3.10. The van der Waals surface area contributed by atoms with Crippen LogP contribution in [-0.2, 0) is 9.59 Å². The summed E-state index contributed by atoms with van der Waals surface area (Å²) in [6.07, 6.45) is 0. The fourth-order valence-corrected chi connectivity index (χ4v) is 1.41. The van der Waals surface area contributed by atoms with Gasteiger partial charge in [-0.25, -0.2) is 0 Å². The van der Waals surface area contributed by atoms with E-state index in [1.165, 1.54) is 0 Å². The molecule has 0 unspecified atom stereocenters. The zero-order valence-corrected chi connectivity index (χ0v) is 9.21. The van der Waals surface area contributed by atoms with E-state index in [1.807, 2.05) is 24.3 Å². The molecule has 1 amide bonds. The molecule has 4 nitrogen and oxygen atoms in total. The van der Waals surface area contributed by atoms with Crippen LogP contribution in [0.3, 0.4) is 0 Å². The molecule has 0 radical (unpaired) electrons. The number of carboxylic acids is 1. The maximum atomic E-state index is 10.8. The van der Waals surface area contributed by atoms with Gasteiger partial charge >= 0.3 is 18.9 Å². The summed E-state index contributed by atoms with van der Waals surface area (Å²) in [5.41, 5.74) is 0.313. The van der Waals surface area contributed by atoms with E-state index in [0.717, 1.165) is 10.8 Å². The number of hydrogen-bond donors (Lipinski definition) is 0. The average molecular weight is 220 g/mol. The molecule has 0 aliphatic carbocycles. The number of amides is 1. The van der Waals surface area contributed by atoms with Crippen LogP contribution in [0.1, 0.15) is 0 Å². The van der Waals surface area contributed by atoms with E-state index >= 15 is 0 Å². The number of hydrogen-bond acceptors (Lipinski definition) is 3. The maximum absolute atomic E-state index is 10.8. The molecule has 0 saturated heterocycles. The zero-order valence-electron chi connectivity index (χ0n) is 9.21. The minimum Gasteiger partial charge on any atom is -0.622 e. The zero-order chi connectivity index (χ0) is 11.5. The van der Waals surface area contributed by atoms with Crippen LogP contribution < -0.4 is 24.0 Å². The summed E-state index contributed by atoms with van der Waals surface area (Å²) in [5, 5.41) is 15.5. The molecule has 0 saturated carbocycles. The maximum Gasteiger partial charge on any atom is 1.00 e. The predicted octanol–water partition coefficient (Wildman–Crippen LogP) is -1.87. The fraction of sp³-hybridized carbons (Fsp3) is 0. The van der Waals surface area contributed by atoms with E-state index in [1.54, 1.807) is 18.2 Å². The van der Waals surface area contributed by atoms with Crippen LogP contribution in [0.25, 0.3) is 16.1 Å². The molecule has 2 aromatic carbocycles. The number of carboxylic acid groups (broad SMARTS) is 1. The van der Waals surface area contributed by atoms with Gasteiger partial charge in [-0.3, -0.25) is 0 Å². The first kappa shape index (κ1) is 13.3. The molecule has 0 heterocycles. The Labute approximate surface area is 110 Å². The van der Waals surface area contributed by atoms with Crippen LogP contribution in [0.4, 0.5) is 5.69 Å². The molecule has 0 aliphatic heterocycles. The summed E-state index contributed by atoms with van der Waals surface area (Å²) in [7, 11) is 0. The SMILES string of the molecule is O=C([O-])C(=O)[N-]c1ccc2ccccc2c1.[Li+]. The first-order valence-electron chi connectivity index (χ1n) is 4.62. The Morgan fingerprint density at radius 3 is 2.29 bits per heavy atom. The van der Waals surface area contributed by atoms with Crippen LogP contribution in [0.15, 0.2) is 42.5 Å². The van der Waals surface area contributed by atoms with E-state index in [9.17, 15) is 14.7 Å². The second-order valence-corrected chi connectivity index (χ2v) is 3.24. The van der Waals surface area contributed by atoms with Crippen LogP contribution in [0.2, 0.25) is 0 Å². The van der Waals surface area contributed by atoms with E-state index in [4.69, 9.17) is 0 Å². The van der Waals surface area contributed by atoms with Crippen molar-refractivity contribution in [1.82, 2.24) is 0 Å². The molecule has 17 heavy (non-hydrogen) atoms. The van der Waals surface area contributed by atoms with Crippen molar-refractivity contribution in [3.8, 4) is 0 Å². The standard InChI is InChI=1S/C12H9NO3.Li/c14-11(12(15)16)13-10-6-5-8-3-1-2-4-9(8)7-10;/h1-7H,(H2,13,14,15,16);/q;+1/p-2. The normalized spacial score (nSPS) is 9.41. The average Bonchev–Trinajstić information content (AvgIpc) is 2.28. The third-order valence-electron chi connectivity index (χ3n) is 2.14. The predicted molar refractivity (Wildman–Crippen MR) is 57.0 cm³/mol. The summed E-state index contributed by atoms with van der Waals surface area (Å²) >= 11 is 0. The quantitative estimate of drug-likeness (QED) is 0.417. The number of carbonyl (C=O) groups excluding carboxylic acids is 2. The van der Waals surface area contributed by atoms with Crippen molar-refractivity contribution in [1.29, 1.82) is 0 Å². The van der Waals surface area contributed by atoms with E-state index < -0.39 is 11.9 Å². The van der Waals surface area contributed by atoms with Gasteiger partial charge in [-0.1, -0.05) is 42.5 Å². The van der Waals surface area contributed by atoms with Gasteiger partial charge in [0.05, 0.1) is 5.97 Å². The Morgan fingerprint density at radius 1 is 1.00 bits per heavy atom. The van der Waals surface area contributed by atoms with E-state index in [2.05, 4.69) is 5.32 Å². The first-order chi connectivity index (χ1) is 7.66. The van der Waals surface area contributed by atoms with Crippen molar-refractivity contribution in [2.45, 2.75) is 0 Å². The molecule has 5 heteroatoms. The van der Waals surface area contributed by atoms with Crippen LogP contribution in [0.5, 0.6) is 0 Å². The second kappa shape index (κ2) is 5.53. The number of fused-ring (bicyclic) bond motifs is 1. The molecule has 0 spiro atoms. The van der Waals surface area contributed by atoms with Crippen molar-refractivity contribution >= 4 is 28.3 Å². The molecular weight excluding hydrogens is 213 g/mol. The molecular formula is C12H7LiNO3-. The number of rotatable bonds is 1. The number of nitrogens with zero attached hydrogens (tertiary/aromatic N) is 1. The molecule has 0 atom stereocenters. The molecule has 0 fully saturated rings. The Kier molecular flexibility index (Phi) is 4.33. The molecule has 0 aliphatic rings. The Balaban J connectivity index is 0.00000144. The van der Waals surface area contributed by atoms with Gasteiger partial charge in [-0.15, -0.1) is 5.69 Å². The monoisotopic (exact) mass is 220 g/mol. The van der Waals surface area contributed by atoms with Gasteiger partial charge in [0.1, 0.15) is 5.91 Å². The molecule has 2 rings (SSSR count). The van der Waals surface area contributed by atoms with Gasteiger partial charge < -0.3 is 20.0 Å². The van der Waals surface area contributed by atoms with Gasteiger partial charge in [0, 0.05) is 0 Å². The van der Waals surface area contributed by atoms with E-state index in [-0.39, 0.29) is 18.9 Å². The molecule has 0 bridgehead atoms. The first-order valence-corrected chi connectivity index (χ1v) is 4.62. The van der Waals surface area contributed by atoms with Crippen molar-refractivity contribution in [3.63, 3.8) is 0 Å². The molecule has 0 aromatic heterocycles. The summed E-state index contributed by atoms with van der Waals surface area (Å²) in [6, 6.07) is 12.5. The van der Waals surface area contributed by atoms with Crippen LogP contribution in [-0.4, -0.2) is 11.9 Å². The van der Waals surface area contributed by atoms with Gasteiger partial charge in [0.2, 0.25) is 0 Å². The van der Waals surface area contributed by atoms with Crippen molar-refractivity contribution < 1.29 is 33.6 Å². The van der Waals surface area contributed by atoms with Gasteiger partial charge in [0.25, 0.3) is 0 Å². The summed E-state index contributed by atoms with van der Waals surface area (Å²) < 4.78 is 0. The van der Waals surface area contributed by atoms with Gasteiger partial charge in [-0.2, -0.15) is 0 Å². The number of carbonyl (C=O) groups is 2. The minimum absolute atomic E-state index is 0. The Morgan fingerprint density at radius 2 is 1.65 bits per heavy atom. The largest absolute Gasteiger partial charge is 1.00 e. The summed E-state index contributed by atoms with van der Waals surface area (Å²) in [5.74, 6) is -3.07. The van der Waals surface area contributed by atoms with Crippen LogP contribution >= 0.6 is 0 Å². The molecule has 80 valence electrons. The van der Waals surface area contributed by atoms with Gasteiger partial charge in [0.15, 0.2) is 0 Å². The van der Waals surface area contributed by atoms with Crippen molar-refractivity contribution in [3.05, 3.63) is 47.8 Å². The molecule has 2 aromatic rings. The second-order valence-electron chi connectivity index (χ2n) is 3.24. The third-order valence-corrected chi connectivity index (χ3v) is 2.14. The van der Waals surface area contributed by atoms with Crippen molar-refractivity contribution in [2.24, 2.45) is 0 Å². The Hall–Kier alpha value is -1.76. The minimum atomic E-state index is -1.80. The number of benzene rings is 2. The fourth-order valence-electron chi connectivity index (χ4n) is 1.41. The summed E-state index contributed by atoms with van der Waals surface area (Å²) in [4.78, 5) is 21.0. The topological polar surface area (TPSA) is 71.3 Å². The summed E-state index contributed by atoms with van der Waals surface area (Å²) in [6.45, 7) is 0. The Bertz CT molecular complexity index is 568.